The summed E-state index contributed by atoms with van der Waals surface area (Å²) >= 11 is 0. The van der Waals surface area contributed by atoms with Crippen molar-refractivity contribution in [3.8, 4) is 0 Å². The molecule has 0 spiro atoms. The van der Waals surface area contributed by atoms with Gasteiger partial charge < -0.3 is 5.73 Å². The largest absolute Gasteiger partial charge is 0.322 e. The van der Waals surface area contributed by atoms with Crippen LogP contribution in [0.25, 0.3) is 0 Å². The van der Waals surface area contributed by atoms with Crippen molar-refractivity contribution in [1.29, 1.82) is 0 Å². The number of carbonyl (C=O) groups is 1. The molecule has 0 bridgehead atoms. The maximum atomic E-state index is 12.6. The fourth-order valence-electron chi connectivity index (χ4n) is 1.18. The summed E-state index contributed by atoms with van der Waals surface area (Å²) in [5.74, 6) is -2.94. The molecule has 1 aliphatic carbocycles. The highest BCUT2D eigenvalue weighted by atomic mass is 19.3. The fourth-order valence-corrected chi connectivity index (χ4v) is 1.18. The summed E-state index contributed by atoms with van der Waals surface area (Å²) < 4.78 is 25.2. The third kappa shape index (κ3) is 1.48. The van der Waals surface area contributed by atoms with Crippen LogP contribution in [0.4, 0.5) is 8.78 Å². The zero-order valence-electron chi connectivity index (χ0n) is 7.23. The van der Waals surface area contributed by atoms with Gasteiger partial charge in [0.05, 0.1) is 6.04 Å². The zero-order chi connectivity index (χ0) is 9.57. The monoisotopic (exact) mass is 177 g/mol. The number of hydrogen-bond donors (Lipinski definition) is 1. The van der Waals surface area contributed by atoms with Crippen LogP contribution < -0.4 is 5.73 Å². The van der Waals surface area contributed by atoms with Crippen LogP contribution in [0.2, 0.25) is 0 Å². The molecule has 4 heteroatoms. The minimum absolute atomic E-state index is 0.0995. The van der Waals surface area contributed by atoms with Gasteiger partial charge in [-0.25, -0.2) is 8.78 Å². The van der Waals surface area contributed by atoms with Crippen LogP contribution in [0.1, 0.15) is 26.7 Å². The summed E-state index contributed by atoms with van der Waals surface area (Å²) in [7, 11) is 0. The second kappa shape index (κ2) is 2.49. The standard InChI is InChI=1S/C8H13F2NO/c1-5(11)6(12)3-7(2)4-8(7,9)10/h5H,3-4,11H2,1-2H3/t5-,7?/m0/s1. The Bertz CT molecular complexity index is 215. The summed E-state index contributed by atoms with van der Waals surface area (Å²) in [6, 6.07) is -0.627. The number of hydrogen-bond acceptors (Lipinski definition) is 2. The highest BCUT2D eigenvalue weighted by Crippen LogP contribution is 2.62. The molecule has 1 aliphatic rings. The van der Waals surface area contributed by atoms with Gasteiger partial charge in [-0.1, -0.05) is 6.92 Å². The smallest absolute Gasteiger partial charge is 0.254 e. The Hall–Kier alpha value is -0.510. The Labute approximate surface area is 70.1 Å². The molecule has 12 heavy (non-hydrogen) atoms. The SMILES string of the molecule is C[C@H](N)C(=O)CC1(C)CC1(F)F. The molecular formula is C8H13F2NO. The van der Waals surface area contributed by atoms with Gasteiger partial charge in [-0.15, -0.1) is 0 Å². The van der Waals surface area contributed by atoms with E-state index in [9.17, 15) is 13.6 Å². The van der Waals surface area contributed by atoms with Gasteiger partial charge in [0.1, 0.15) is 5.78 Å². The molecule has 0 aliphatic heterocycles. The molecule has 1 unspecified atom stereocenters. The van der Waals surface area contributed by atoms with Gasteiger partial charge in [0.15, 0.2) is 0 Å². The Kier molecular flexibility index (Phi) is 1.98. The van der Waals surface area contributed by atoms with Crippen molar-refractivity contribution in [1.82, 2.24) is 0 Å². The molecule has 0 aromatic carbocycles. The van der Waals surface area contributed by atoms with Gasteiger partial charge >= 0.3 is 0 Å². The molecule has 0 aromatic heterocycles. The van der Waals surface area contributed by atoms with Crippen LogP contribution in [0, 0.1) is 5.41 Å². The van der Waals surface area contributed by atoms with Crippen molar-refractivity contribution < 1.29 is 13.6 Å². The van der Waals surface area contributed by atoms with E-state index >= 15 is 0 Å². The predicted octanol–water partition coefficient (Wildman–Crippen LogP) is 1.34. The summed E-state index contributed by atoms with van der Waals surface area (Å²) in [4.78, 5) is 11.0. The Morgan fingerprint density at radius 3 is 2.33 bits per heavy atom. The van der Waals surface area contributed by atoms with Gasteiger partial charge in [-0.05, 0) is 6.92 Å². The van der Waals surface area contributed by atoms with E-state index in [1.165, 1.54) is 13.8 Å². The summed E-state index contributed by atoms with van der Waals surface area (Å²) in [5.41, 5.74) is 4.15. The van der Waals surface area contributed by atoms with Crippen LogP contribution >= 0.6 is 0 Å². The van der Waals surface area contributed by atoms with Crippen LogP contribution in [0.3, 0.4) is 0 Å². The first-order valence-corrected chi connectivity index (χ1v) is 3.95. The molecule has 1 fully saturated rings. The normalized spacial score (nSPS) is 34.4. The lowest BCUT2D eigenvalue weighted by Gasteiger charge is -2.10. The van der Waals surface area contributed by atoms with E-state index in [2.05, 4.69) is 0 Å². The second-order valence-corrected chi connectivity index (χ2v) is 3.87. The van der Waals surface area contributed by atoms with Gasteiger partial charge in [0, 0.05) is 18.3 Å². The third-order valence-electron chi connectivity index (χ3n) is 2.44. The maximum absolute atomic E-state index is 12.6. The highest BCUT2D eigenvalue weighted by Gasteiger charge is 2.68. The van der Waals surface area contributed by atoms with Gasteiger partial charge in [0.2, 0.25) is 0 Å². The molecule has 2 nitrogen and oxygen atoms in total. The molecule has 2 N–H and O–H groups in total. The highest BCUT2D eigenvalue weighted by molar-refractivity contribution is 5.84. The van der Waals surface area contributed by atoms with Crippen molar-refractivity contribution in [2.75, 3.05) is 0 Å². The van der Waals surface area contributed by atoms with Crippen molar-refractivity contribution in [2.45, 2.75) is 38.7 Å². The number of rotatable bonds is 3. The predicted molar refractivity (Wildman–Crippen MR) is 40.9 cm³/mol. The zero-order valence-corrected chi connectivity index (χ0v) is 7.23. The number of alkyl halides is 2. The lowest BCUT2D eigenvalue weighted by atomic mass is 9.98. The molecular weight excluding hydrogens is 164 g/mol. The molecule has 0 radical (unpaired) electrons. The summed E-state index contributed by atoms with van der Waals surface area (Å²) in [6.45, 7) is 2.94. The average molecular weight is 177 g/mol. The molecule has 1 saturated carbocycles. The van der Waals surface area contributed by atoms with Crippen LogP contribution in [-0.4, -0.2) is 17.7 Å². The number of ketones is 1. The third-order valence-corrected chi connectivity index (χ3v) is 2.44. The number of nitrogens with two attached hydrogens (primary N) is 1. The van der Waals surface area contributed by atoms with Gasteiger partial charge in [-0.3, -0.25) is 4.79 Å². The molecule has 0 aromatic rings. The molecule has 0 amide bonds. The number of Topliss-reactive ketones (excluding diaryl/α,β-unsaturated/α-hetero) is 1. The Balaban J connectivity index is 2.49. The first-order valence-electron chi connectivity index (χ1n) is 3.95. The molecule has 0 heterocycles. The van der Waals surface area contributed by atoms with Crippen LogP contribution in [0.15, 0.2) is 0 Å². The van der Waals surface area contributed by atoms with E-state index in [4.69, 9.17) is 5.73 Å². The molecule has 0 saturated heterocycles. The van der Waals surface area contributed by atoms with Crippen molar-refractivity contribution in [2.24, 2.45) is 11.1 Å². The van der Waals surface area contributed by atoms with Crippen LogP contribution in [0.5, 0.6) is 0 Å². The number of halogens is 2. The summed E-state index contributed by atoms with van der Waals surface area (Å²) in [5, 5.41) is 0. The van der Waals surface area contributed by atoms with E-state index in [1.807, 2.05) is 0 Å². The van der Waals surface area contributed by atoms with E-state index in [-0.39, 0.29) is 18.6 Å². The van der Waals surface area contributed by atoms with Crippen molar-refractivity contribution in [3.63, 3.8) is 0 Å². The summed E-state index contributed by atoms with van der Waals surface area (Å²) in [6.07, 6.45) is -0.282. The Morgan fingerprint density at radius 2 is 2.08 bits per heavy atom. The lowest BCUT2D eigenvalue weighted by molar-refractivity contribution is -0.122. The first kappa shape index (κ1) is 9.58. The fraction of sp³-hybridized carbons (Fsp3) is 0.875. The van der Waals surface area contributed by atoms with Gasteiger partial charge in [-0.2, -0.15) is 0 Å². The number of carbonyl (C=O) groups excluding carboxylic acids is 1. The Morgan fingerprint density at radius 1 is 1.67 bits per heavy atom. The molecule has 1 rings (SSSR count). The minimum Gasteiger partial charge on any atom is -0.322 e. The van der Waals surface area contributed by atoms with Crippen molar-refractivity contribution >= 4 is 5.78 Å². The topological polar surface area (TPSA) is 43.1 Å². The van der Waals surface area contributed by atoms with E-state index in [0.29, 0.717) is 0 Å². The van der Waals surface area contributed by atoms with Gasteiger partial charge in [0.25, 0.3) is 5.92 Å². The van der Waals surface area contributed by atoms with E-state index < -0.39 is 17.4 Å². The first-order chi connectivity index (χ1) is 5.28. The van der Waals surface area contributed by atoms with Crippen LogP contribution in [-0.2, 0) is 4.79 Å². The average Bonchev–Trinajstić information content (AvgIpc) is 2.30. The molecule has 2 atom stereocenters. The maximum Gasteiger partial charge on any atom is 0.254 e. The van der Waals surface area contributed by atoms with E-state index in [0.717, 1.165) is 0 Å². The van der Waals surface area contributed by atoms with E-state index in [1.54, 1.807) is 0 Å². The minimum atomic E-state index is -2.66. The van der Waals surface area contributed by atoms with Crippen molar-refractivity contribution in [3.05, 3.63) is 0 Å². The quantitative estimate of drug-likeness (QED) is 0.706. The second-order valence-electron chi connectivity index (χ2n) is 3.87. The lowest BCUT2D eigenvalue weighted by Crippen LogP contribution is -2.29. The molecule has 70 valence electrons.